The van der Waals surface area contributed by atoms with Crippen LogP contribution in [-0.4, -0.2) is 6.21 Å². The molecule has 1 unspecified atom stereocenters. The second-order valence-corrected chi connectivity index (χ2v) is 12.7. The number of allylic oxidation sites excluding steroid dienone is 3. The number of benzene rings is 5. The highest BCUT2D eigenvalue weighted by molar-refractivity contribution is 7.99. The Labute approximate surface area is 252 Å². The summed E-state index contributed by atoms with van der Waals surface area (Å²) >= 11 is 1.90. The maximum atomic E-state index is 4.85. The summed E-state index contributed by atoms with van der Waals surface area (Å²) in [6.45, 7) is 4.45. The molecule has 0 amide bonds. The lowest BCUT2D eigenvalue weighted by molar-refractivity contribution is 0.721. The molecule has 1 aliphatic carbocycles. The van der Waals surface area contributed by atoms with Crippen molar-refractivity contribution in [2.24, 2.45) is 10.9 Å². The van der Waals surface area contributed by atoms with Crippen LogP contribution in [0.5, 0.6) is 0 Å². The standard InChI is InChI=1S/C40H31NS/c1-26-15-17-28(18-16-26)37-22-21-30(27(2)23-24-41-37)29-19-20-32-31-9-3-4-10-33(31)40(36(32)25-29)34-11-5-7-13-38(34)42-39-14-8-6-12-35(39)40/h3-22,24-25,27H,23H2,1-2H3/b30-21+,37-22?,41-24?. The third-order valence-corrected chi connectivity index (χ3v) is 10.3. The molecule has 42 heavy (non-hydrogen) atoms. The Kier molecular flexibility index (Phi) is 5.94. The first-order valence-electron chi connectivity index (χ1n) is 14.8. The van der Waals surface area contributed by atoms with Crippen molar-refractivity contribution in [3.05, 3.63) is 166 Å². The Morgan fingerprint density at radius 2 is 1.26 bits per heavy atom. The summed E-state index contributed by atoms with van der Waals surface area (Å²) in [6.07, 6.45) is 7.51. The Morgan fingerprint density at radius 1 is 0.643 bits per heavy atom. The van der Waals surface area contributed by atoms with Gasteiger partial charge in [-0.3, -0.25) is 4.99 Å². The topological polar surface area (TPSA) is 12.4 Å². The molecule has 5 aromatic carbocycles. The van der Waals surface area contributed by atoms with Crippen LogP contribution in [0.15, 0.2) is 142 Å². The summed E-state index contributed by atoms with van der Waals surface area (Å²) < 4.78 is 0. The molecule has 0 bridgehead atoms. The van der Waals surface area contributed by atoms with Gasteiger partial charge in [0.25, 0.3) is 0 Å². The first-order valence-corrected chi connectivity index (χ1v) is 15.6. The molecule has 0 saturated carbocycles. The lowest BCUT2D eigenvalue weighted by Crippen LogP contribution is -2.32. The first-order chi connectivity index (χ1) is 20.6. The summed E-state index contributed by atoms with van der Waals surface area (Å²) in [5.41, 5.74) is 13.9. The predicted octanol–water partition coefficient (Wildman–Crippen LogP) is 10.4. The number of aryl methyl sites for hydroxylation is 1. The van der Waals surface area contributed by atoms with E-state index in [2.05, 4.69) is 147 Å². The molecule has 1 atom stereocenters. The smallest absolute Gasteiger partial charge is 0.0735 e. The normalized spacial score (nSPS) is 19.0. The van der Waals surface area contributed by atoms with Crippen LogP contribution in [0, 0.1) is 12.8 Å². The van der Waals surface area contributed by atoms with E-state index in [1.165, 1.54) is 59.9 Å². The summed E-state index contributed by atoms with van der Waals surface area (Å²) in [5.74, 6) is 0.351. The van der Waals surface area contributed by atoms with Gasteiger partial charge in [0.05, 0.1) is 11.1 Å². The second kappa shape index (κ2) is 9.86. The number of hydrogen-bond acceptors (Lipinski definition) is 2. The molecule has 0 fully saturated rings. The summed E-state index contributed by atoms with van der Waals surface area (Å²) in [7, 11) is 0. The molecule has 3 aliphatic rings. The van der Waals surface area contributed by atoms with Gasteiger partial charge in [0.15, 0.2) is 0 Å². The van der Waals surface area contributed by atoms with Crippen molar-refractivity contribution in [1.82, 2.24) is 0 Å². The van der Waals surface area contributed by atoms with Gasteiger partial charge >= 0.3 is 0 Å². The molecule has 5 aromatic rings. The summed E-state index contributed by atoms with van der Waals surface area (Å²) in [5, 5.41) is 0. The van der Waals surface area contributed by atoms with Gasteiger partial charge in [0, 0.05) is 21.6 Å². The van der Waals surface area contributed by atoms with Crippen molar-refractivity contribution in [2.45, 2.75) is 35.5 Å². The van der Waals surface area contributed by atoms with Gasteiger partial charge in [-0.25, -0.2) is 0 Å². The van der Waals surface area contributed by atoms with E-state index in [0.717, 1.165) is 17.7 Å². The van der Waals surface area contributed by atoms with E-state index in [0.29, 0.717) is 5.92 Å². The fourth-order valence-corrected chi connectivity index (χ4v) is 8.31. The van der Waals surface area contributed by atoms with Gasteiger partial charge in [0.2, 0.25) is 0 Å². The zero-order valence-electron chi connectivity index (χ0n) is 23.8. The average Bonchev–Trinajstić information content (AvgIpc) is 3.30. The molecule has 0 aromatic heterocycles. The van der Waals surface area contributed by atoms with Crippen LogP contribution in [0.25, 0.3) is 22.4 Å². The highest BCUT2D eigenvalue weighted by Crippen LogP contribution is 2.62. The number of rotatable bonds is 2. The fraction of sp³-hybridized carbons (Fsp3) is 0.125. The van der Waals surface area contributed by atoms with Crippen molar-refractivity contribution in [3.63, 3.8) is 0 Å². The van der Waals surface area contributed by atoms with E-state index in [4.69, 9.17) is 4.99 Å². The molecule has 0 radical (unpaired) electrons. The Balaban J connectivity index is 1.36. The van der Waals surface area contributed by atoms with Crippen LogP contribution >= 0.6 is 11.8 Å². The highest BCUT2D eigenvalue weighted by atomic mass is 32.2. The van der Waals surface area contributed by atoms with Crippen LogP contribution in [0.1, 0.15) is 52.3 Å². The van der Waals surface area contributed by atoms with Crippen molar-refractivity contribution in [2.75, 3.05) is 0 Å². The van der Waals surface area contributed by atoms with Crippen LogP contribution in [-0.2, 0) is 5.41 Å². The van der Waals surface area contributed by atoms with E-state index in [-0.39, 0.29) is 5.41 Å². The molecule has 8 rings (SSSR count). The highest BCUT2D eigenvalue weighted by Gasteiger charge is 2.50. The molecule has 2 aliphatic heterocycles. The molecular formula is C40H31NS. The van der Waals surface area contributed by atoms with Crippen molar-refractivity contribution in [3.8, 4) is 11.1 Å². The van der Waals surface area contributed by atoms with Gasteiger partial charge in [0.1, 0.15) is 0 Å². The summed E-state index contributed by atoms with van der Waals surface area (Å²) in [4.78, 5) is 7.53. The van der Waals surface area contributed by atoms with E-state index < -0.39 is 0 Å². The van der Waals surface area contributed by atoms with Crippen molar-refractivity contribution in [1.29, 1.82) is 0 Å². The Hall–Kier alpha value is -4.40. The van der Waals surface area contributed by atoms with E-state index in [1.54, 1.807) is 0 Å². The molecular weight excluding hydrogens is 527 g/mol. The van der Waals surface area contributed by atoms with E-state index in [9.17, 15) is 0 Å². The number of hydrogen-bond donors (Lipinski definition) is 0. The largest absolute Gasteiger partial charge is 0.261 e. The lowest BCUT2D eigenvalue weighted by Gasteiger charge is -2.39. The van der Waals surface area contributed by atoms with Crippen LogP contribution in [0.2, 0.25) is 0 Å². The third-order valence-electron chi connectivity index (χ3n) is 9.17. The number of fused-ring (bicyclic) bond motifs is 9. The van der Waals surface area contributed by atoms with Crippen LogP contribution in [0.3, 0.4) is 0 Å². The minimum absolute atomic E-state index is 0.351. The zero-order chi connectivity index (χ0) is 28.3. The van der Waals surface area contributed by atoms with Gasteiger partial charge < -0.3 is 0 Å². The van der Waals surface area contributed by atoms with Gasteiger partial charge in [-0.2, -0.15) is 0 Å². The minimum Gasteiger partial charge on any atom is -0.261 e. The van der Waals surface area contributed by atoms with E-state index in [1.807, 2.05) is 11.8 Å². The number of aliphatic imine (C=N–C) groups is 1. The van der Waals surface area contributed by atoms with Gasteiger partial charge in [-0.05, 0) is 88.1 Å². The van der Waals surface area contributed by atoms with Gasteiger partial charge in [-0.1, -0.05) is 127 Å². The molecule has 1 spiro atoms. The monoisotopic (exact) mass is 557 g/mol. The maximum absolute atomic E-state index is 4.85. The Bertz CT molecular complexity index is 1910. The maximum Gasteiger partial charge on any atom is 0.0735 e. The quantitative estimate of drug-likeness (QED) is 0.206. The van der Waals surface area contributed by atoms with Crippen LogP contribution in [0.4, 0.5) is 0 Å². The third kappa shape index (κ3) is 3.75. The average molecular weight is 558 g/mol. The zero-order valence-corrected chi connectivity index (χ0v) is 24.7. The van der Waals surface area contributed by atoms with Crippen LogP contribution < -0.4 is 0 Å². The van der Waals surface area contributed by atoms with Gasteiger partial charge in [-0.15, -0.1) is 0 Å². The predicted molar refractivity (Wildman–Crippen MR) is 177 cm³/mol. The molecule has 202 valence electrons. The van der Waals surface area contributed by atoms with Crippen molar-refractivity contribution >= 4 is 29.2 Å². The molecule has 2 heterocycles. The summed E-state index contributed by atoms with van der Waals surface area (Å²) in [6, 6.07) is 42.9. The minimum atomic E-state index is -0.351. The number of nitrogens with zero attached hydrogens (tertiary/aromatic N) is 1. The Morgan fingerprint density at radius 3 is 2.00 bits per heavy atom. The second-order valence-electron chi connectivity index (χ2n) is 11.6. The molecule has 1 nitrogen and oxygen atoms in total. The van der Waals surface area contributed by atoms with Crippen molar-refractivity contribution < 1.29 is 0 Å². The molecule has 2 heteroatoms. The van der Waals surface area contributed by atoms with E-state index >= 15 is 0 Å². The lowest BCUT2D eigenvalue weighted by atomic mass is 9.67. The molecule has 0 saturated heterocycles. The fourth-order valence-electron chi connectivity index (χ4n) is 7.12. The SMILES string of the molecule is Cc1ccc(C2=C/C=C(/c3ccc4c(c3)C3(c5ccccc5Sc5ccccc53)c3ccccc3-4)C(C)CC=N2)cc1. The first kappa shape index (κ1) is 25.3. The molecule has 0 N–H and O–H groups in total.